The Balaban J connectivity index is 2.38. The van der Waals surface area contributed by atoms with E-state index in [0.29, 0.717) is 18.0 Å². The van der Waals surface area contributed by atoms with Crippen molar-refractivity contribution in [3.05, 3.63) is 0 Å². The maximum Gasteiger partial charge on any atom is 0.0587 e. The Morgan fingerprint density at radius 2 is 2.22 bits per heavy atom. The first-order chi connectivity index (χ1) is 4.24. The van der Waals surface area contributed by atoms with Crippen molar-refractivity contribution in [1.29, 1.82) is 0 Å². The van der Waals surface area contributed by atoms with Crippen LogP contribution in [0.4, 0.5) is 0 Å². The van der Waals surface area contributed by atoms with E-state index in [2.05, 4.69) is 19.2 Å². The Morgan fingerprint density at radius 1 is 1.56 bits per heavy atom. The molecule has 0 aliphatic carbocycles. The molecule has 0 aromatic heterocycles. The molecule has 0 bridgehead atoms. The van der Waals surface area contributed by atoms with Crippen LogP contribution in [0.1, 0.15) is 20.3 Å². The summed E-state index contributed by atoms with van der Waals surface area (Å²) in [4.78, 5) is 0. The Labute approximate surface area is 56.3 Å². The lowest BCUT2D eigenvalue weighted by atomic mass is 10.0. The summed E-state index contributed by atoms with van der Waals surface area (Å²) in [6.07, 6.45) is 1.20. The minimum Gasteiger partial charge on any atom is -0.395 e. The molecule has 1 rings (SSSR count). The second-order valence-corrected chi connectivity index (χ2v) is 3.07. The summed E-state index contributed by atoms with van der Waals surface area (Å²) < 4.78 is 0. The van der Waals surface area contributed by atoms with E-state index in [1.807, 2.05) is 0 Å². The van der Waals surface area contributed by atoms with E-state index in [0.717, 1.165) is 0 Å². The molecule has 3 unspecified atom stereocenters. The third kappa shape index (κ3) is 1.43. The molecule has 0 amide bonds. The van der Waals surface area contributed by atoms with E-state index in [-0.39, 0.29) is 6.61 Å². The van der Waals surface area contributed by atoms with Crippen LogP contribution < -0.4 is 5.32 Å². The summed E-state index contributed by atoms with van der Waals surface area (Å²) in [7, 11) is 0. The average molecular weight is 129 g/mol. The van der Waals surface area contributed by atoms with Gasteiger partial charge in [-0.25, -0.2) is 0 Å². The van der Waals surface area contributed by atoms with Crippen molar-refractivity contribution in [2.75, 3.05) is 6.61 Å². The highest BCUT2D eigenvalue weighted by Gasteiger charge is 2.26. The lowest BCUT2D eigenvalue weighted by Gasteiger charge is -2.10. The Kier molecular flexibility index (Phi) is 2.09. The zero-order chi connectivity index (χ0) is 6.85. The predicted octanol–water partition coefficient (Wildman–Crippen LogP) is 0.365. The van der Waals surface area contributed by atoms with E-state index in [4.69, 9.17) is 5.11 Å². The van der Waals surface area contributed by atoms with Crippen LogP contribution in [0, 0.1) is 5.92 Å². The van der Waals surface area contributed by atoms with Gasteiger partial charge < -0.3 is 10.4 Å². The molecule has 2 heteroatoms. The third-order valence-electron chi connectivity index (χ3n) is 2.11. The van der Waals surface area contributed by atoms with Crippen LogP contribution in [0.15, 0.2) is 0 Å². The number of nitrogens with one attached hydrogen (secondary N) is 1. The number of hydrogen-bond donors (Lipinski definition) is 2. The van der Waals surface area contributed by atoms with Crippen LogP contribution in [0.25, 0.3) is 0 Å². The van der Waals surface area contributed by atoms with Gasteiger partial charge in [-0.2, -0.15) is 0 Å². The minimum absolute atomic E-state index is 0.283. The lowest BCUT2D eigenvalue weighted by molar-refractivity contribution is 0.231. The smallest absolute Gasteiger partial charge is 0.0587 e. The van der Waals surface area contributed by atoms with Crippen LogP contribution in [-0.2, 0) is 0 Å². The van der Waals surface area contributed by atoms with E-state index < -0.39 is 0 Å². The van der Waals surface area contributed by atoms with Crippen LogP contribution >= 0.6 is 0 Å². The number of rotatable bonds is 1. The molecule has 3 atom stereocenters. The zero-order valence-corrected chi connectivity index (χ0v) is 6.09. The quantitative estimate of drug-likeness (QED) is 0.536. The number of hydrogen-bond acceptors (Lipinski definition) is 2. The summed E-state index contributed by atoms with van der Waals surface area (Å²) in [5.74, 6) is 0.644. The average Bonchev–Trinajstić information content (AvgIpc) is 2.10. The van der Waals surface area contributed by atoms with Crippen LogP contribution in [0.2, 0.25) is 0 Å². The van der Waals surface area contributed by atoms with Crippen molar-refractivity contribution in [2.24, 2.45) is 5.92 Å². The Bertz CT molecular complexity index is 94.9. The van der Waals surface area contributed by atoms with Crippen LogP contribution in [0.5, 0.6) is 0 Å². The standard InChI is InChI=1S/C7H15NO/c1-5-3-6(2)8-7(5)4-9/h5-9H,3-4H2,1-2H3. The van der Waals surface area contributed by atoms with Gasteiger partial charge >= 0.3 is 0 Å². The lowest BCUT2D eigenvalue weighted by Crippen LogP contribution is -2.32. The molecule has 1 aliphatic heterocycles. The molecule has 0 saturated carbocycles. The van der Waals surface area contributed by atoms with Gasteiger partial charge in [-0.15, -0.1) is 0 Å². The predicted molar refractivity (Wildman–Crippen MR) is 37.3 cm³/mol. The number of aliphatic hydroxyl groups excluding tert-OH is 1. The Hall–Kier alpha value is -0.0800. The van der Waals surface area contributed by atoms with E-state index >= 15 is 0 Å². The second kappa shape index (κ2) is 2.67. The van der Waals surface area contributed by atoms with Gasteiger partial charge in [0.05, 0.1) is 6.61 Å². The summed E-state index contributed by atoms with van der Waals surface area (Å²) in [5, 5.41) is 12.1. The molecule has 1 fully saturated rings. The van der Waals surface area contributed by atoms with Crippen LogP contribution in [-0.4, -0.2) is 23.8 Å². The zero-order valence-electron chi connectivity index (χ0n) is 6.09. The summed E-state index contributed by atoms with van der Waals surface area (Å²) in [6, 6.07) is 0.942. The highest BCUT2D eigenvalue weighted by molar-refractivity contribution is 4.85. The summed E-state index contributed by atoms with van der Waals surface area (Å²) in [6.45, 7) is 4.62. The van der Waals surface area contributed by atoms with Crippen molar-refractivity contribution in [1.82, 2.24) is 5.32 Å². The molecule has 0 aromatic carbocycles. The first-order valence-electron chi connectivity index (χ1n) is 3.61. The van der Waals surface area contributed by atoms with Crippen molar-refractivity contribution in [3.63, 3.8) is 0 Å². The molecule has 0 spiro atoms. The second-order valence-electron chi connectivity index (χ2n) is 3.07. The van der Waals surface area contributed by atoms with Crippen molar-refractivity contribution in [2.45, 2.75) is 32.4 Å². The van der Waals surface area contributed by atoms with Gasteiger partial charge in [0.1, 0.15) is 0 Å². The van der Waals surface area contributed by atoms with E-state index in [1.54, 1.807) is 0 Å². The normalized spacial score (nSPS) is 43.7. The van der Waals surface area contributed by atoms with Gasteiger partial charge in [-0.1, -0.05) is 6.92 Å². The van der Waals surface area contributed by atoms with E-state index in [9.17, 15) is 0 Å². The first-order valence-corrected chi connectivity index (χ1v) is 3.61. The highest BCUT2D eigenvalue weighted by atomic mass is 16.3. The largest absolute Gasteiger partial charge is 0.395 e. The van der Waals surface area contributed by atoms with Gasteiger partial charge in [0.2, 0.25) is 0 Å². The molecule has 1 heterocycles. The van der Waals surface area contributed by atoms with Gasteiger partial charge in [-0.3, -0.25) is 0 Å². The maximum atomic E-state index is 8.79. The molecule has 0 aromatic rings. The van der Waals surface area contributed by atoms with Crippen molar-refractivity contribution >= 4 is 0 Å². The topological polar surface area (TPSA) is 32.3 Å². The molecule has 1 aliphatic rings. The third-order valence-corrected chi connectivity index (χ3v) is 2.11. The molecule has 2 N–H and O–H groups in total. The summed E-state index contributed by atoms with van der Waals surface area (Å²) >= 11 is 0. The molecular formula is C7H15NO. The molecule has 1 saturated heterocycles. The van der Waals surface area contributed by atoms with Gasteiger partial charge in [0.15, 0.2) is 0 Å². The van der Waals surface area contributed by atoms with Crippen molar-refractivity contribution in [3.8, 4) is 0 Å². The molecular weight excluding hydrogens is 114 g/mol. The fourth-order valence-electron chi connectivity index (χ4n) is 1.55. The summed E-state index contributed by atoms with van der Waals surface area (Å²) in [5.41, 5.74) is 0. The molecule has 9 heavy (non-hydrogen) atoms. The highest BCUT2D eigenvalue weighted by Crippen LogP contribution is 2.18. The van der Waals surface area contributed by atoms with Gasteiger partial charge in [0, 0.05) is 12.1 Å². The fraction of sp³-hybridized carbons (Fsp3) is 1.00. The number of aliphatic hydroxyl groups is 1. The van der Waals surface area contributed by atoms with Gasteiger partial charge in [-0.05, 0) is 19.3 Å². The molecule has 54 valence electrons. The molecule has 0 radical (unpaired) electrons. The monoisotopic (exact) mass is 129 g/mol. The first kappa shape index (κ1) is 7.03. The van der Waals surface area contributed by atoms with Crippen LogP contribution in [0.3, 0.4) is 0 Å². The fourth-order valence-corrected chi connectivity index (χ4v) is 1.55. The minimum atomic E-state index is 0.283. The van der Waals surface area contributed by atoms with Crippen molar-refractivity contribution < 1.29 is 5.11 Å². The maximum absolute atomic E-state index is 8.79. The SMILES string of the molecule is CC1CC(C)C(CO)N1. The van der Waals surface area contributed by atoms with E-state index in [1.165, 1.54) is 6.42 Å². The van der Waals surface area contributed by atoms with Gasteiger partial charge in [0.25, 0.3) is 0 Å². The molecule has 2 nitrogen and oxygen atoms in total. The Morgan fingerprint density at radius 3 is 2.44 bits per heavy atom.